The van der Waals surface area contributed by atoms with Gasteiger partial charge in [-0.05, 0) is 50.8 Å². The topological polar surface area (TPSA) is 90.9 Å². The van der Waals surface area contributed by atoms with E-state index in [1.54, 1.807) is 12.3 Å². The summed E-state index contributed by atoms with van der Waals surface area (Å²) < 4.78 is 5.47. The van der Waals surface area contributed by atoms with Crippen LogP contribution in [0, 0.1) is 17.2 Å². The van der Waals surface area contributed by atoms with Crippen LogP contribution in [0.15, 0.2) is 22.9 Å². The fraction of sp³-hybridized carbons (Fsp3) is 0.556. The third kappa shape index (κ3) is 3.64. The summed E-state index contributed by atoms with van der Waals surface area (Å²) in [6.45, 7) is 5.06. The summed E-state index contributed by atoms with van der Waals surface area (Å²) in [6, 6.07) is 5.88. The van der Waals surface area contributed by atoms with Crippen LogP contribution in [-0.2, 0) is 0 Å². The Morgan fingerprint density at radius 3 is 3.00 bits per heavy atom. The second-order valence-electron chi connectivity index (χ2n) is 7.02. The highest BCUT2D eigenvalue weighted by Gasteiger charge is 2.32. The van der Waals surface area contributed by atoms with Crippen LogP contribution in [0.25, 0.3) is 0 Å². The van der Waals surface area contributed by atoms with Crippen molar-refractivity contribution in [2.45, 2.75) is 38.1 Å². The maximum Gasteiger partial charge on any atom is 0.243 e. The first-order valence-corrected chi connectivity index (χ1v) is 8.90. The quantitative estimate of drug-likeness (QED) is 0.866. The number of hydrogen-bond acceptors (Lipinski definition) is 7. The predicted octanol–water partition coefficient (Wildman–Crippen LogP) is 2.71. The van der Waals surface area contributed by atoms with Crippen molar-refractivity contribution in [2.75, 3.05) is 25.0 Å². The zero-order chi connectivity index (χ0) is 17.2. The summed E-state index contributed by atoms with van der Waals surface area (Å²) in [7, 11) is 0. The molecule has 2 aromatic rings. The summed E-state index contributed by atoms with van der Waals surface area (Å²) in [6.07, 6.45) is 5.11. The molecule has 1 aliphatic heterocycles. The van der Waals surface area contributed by atoms with Gasteiger partial charge in [-0.15, -0.1) is 0 Å². The number of nitrogens with one attached hydrogen (secondary N) is 1. The van der Waals surface area contributed by atoms with Crippen LogP contribution in [0.5, 0.6) is 0 Å². The van der Waals surface area contributed by atoms with Crippen molar-refractivity contribution in [3.8, 4) is 6.07 Å². The first-order valence-electron chi connectivity index (χ1n) is 8.90. The van der Waals surface area contributed by atoms with E-state index < -0.39 is 0 Å². The van der Waals surface area contributed by atoms with Gasteiger partial charge in [0.15, 0.2) is 5.82 Å². The van der Waals surface area contributed by atoms with E-state index in [9.17, 15) is 0 Å². The third-order valence-electron chi connectivity index (χ3n) is 5.09. The monoisotopic (exact) mass is 338 g/mol. The Morgan fingerprint density at radius 2 is 2.28 bits per heavy atom. The molecule has 0 radical (unpaired) electrons. The standard InChI is InChI=1S/C18H22N6O/c1-12(18-22-17(23-25-18)15-3-4-15)24-7-6-14(11-24)10-21-16-5-2-13(8-19)9-20-16/h2,5,9,12,14-15H,3-4,6-7,10-11H2,1H3,(H,20,21)/t12-,14+/m0/s1. The molecule has 1 aliphatic carbocycles. The number of nitrogens with zero attached hydrogens (tertiary/aromatic N) is 5. The molecule has 2 aromatic heterocycles. The summed E-state index contributed by atoms with van der Waals surface area (Å²) in [5, 5.41) is 16.3. The number of nitriles is 1. The summed E-state index contributed by atoms with van der Waals surface area (Å²) >= 11 is 0. The van der Waals surface area contributed by atoms with Crippen molar-refractivity contribution in [1.82, 2.24) is 20.0 Å². The number of anilines is 1. The van der Waals surface area contributed by atoms with Crippen molar-refractivity contribution in [1.29, 1.82) is 5.26 Å². The molecule has 1 N–H and O–H groups in total. The minimum Gasteiger partial charge on any atom is -0.370 e. The minimum atomic E-state index is 0.165. The molecule has 25 heavy (non-hydrogen) atoms. The molecule has 1 saturated heterocycles. The van der Waals surface area contributed by atoms with Crippen molar-refractivity contribution >= 4 is 5.82 Å². The molecule has 130 valence electrons. The molecule has 2 aliphatic rings. The average Bonchev–Trinajstić information content (AvgIpc) is 3.20. The summed E-state index contributed by atoms with van der Waals surface area (Å²) in [4.78, 5) is 11.2. The molecule has 2 atom stereocenters. The first kappa shape index (κ1) is 16.0. The molecule has 0 spiro atoms. The number of pyridine rings is 1. The Bertz CT molecular complexity index is 761. The molecular formula is C18H22N6O. The summed E-state index contributed by atoms with van der Waals surface area (Å²) in [5.41, 5.74) is 0.580. The predicted molar refractivity (Wildman–Crippen MR) is 91.8 cm³/mol. The van der Waals surface area contributed by atoms with Crippen LogP contribution < -0.4 is 5.32 Å². The lowest BCUT2D eigenvalue weighted by atomic mass is 10.1. The van der Waals surface area contributed by atoms with Gasteiger partial charge in [-0.3, -0.25) is 4.90 Å². The second-order valence-corrected chi connectivity index (χ2v) is 7.02. The third-order valence-corrected chi connectivity index (χ3v) is 5.09. The van der Waals surface area contributed by atoms with E-state index in [1.165, 1.54) is 12.8 Å². The van der Waals surface area contributed by atoms with E-state index in [-0.39, 0.29) is 6.04 Å². The van der Waals surface area contributed by atoms with Gasteiger partial charge >= 0.3 is 0 Å². The Labute approximate surface area is 147 Å². The van der Waals surface area contributed by atoms with Gasteiger partial charge in [-0.25, -0.2) is 4.98 Å². The van der Waals surface area contributed by atoms with E-state index in [4.69, 9.17) is 9.78 Å². The fourth-order valence-corrected chi connectivity index (χ4v) is 3.27. The van der Waals surface area contributed by atoms with Gasteiger partial charge in [0.1, 0.15) is 11.9 Å². The zero-order valence-electron chi connectivity index (χ0n) is 14.4. The lowest BCUT2D eigenvalue weighted by Gasteiger charge is -2.21. The molecule has 7 nitrogen and oxygen atoms in total. The van der Waals surface area contributed by atoms with E-state index in [2.05, 4.69) is 38.3 Å². The average molecular weight is 338 g/mol. The lowest BCUT2D eigenvalue weighted by Crippen LogP contribution is -2.26. The molecule has 0 bridgehead atoms. The van der Waals surface area contributed by atoms with Gasteiger partial charge in [0.2, 0.25) is 5.89 Å². The SMILES string of the molecule is C[C@@H](c1nc(C2CC2)no1)N1CC[C@H](CNc2ccc(C#N)cn2)C1. The van der Waals surface area contributed by atoms with Crippen molar-refractivity contribution in [3.05, 3.63) is 35.6 Å². The van der Waals surface area contributed by atoms with E-state index in [0.29, 0.717) is 17.4 Å². The zero-order valence-corrected chi connectivity index (χ0v) is 14.4. The van der Waals surface area contributed by atoms with Crippen LogP contribution in [-0.4, -0.2) is 39.7 Å². The molecule has 0 unspecified atom stereocenters. The van der Waals surface area contributed by atoms with E-state index >= 15 is 0 Å². The van der Waals surface area contributed by atoms with Gasteiger partial charge in [-0.1, -0.05) is 5.16 Å². The van der Waals surface area contributed by atoms with Crippen molar-refractivity contribution < 1.29 is 4.52 Å². The highest BCUT2D eigenvalue weighted by Crippen LogP contribution is 2.39. The lowest BCUT2D eigenvalue weighted by molar-refractivity contribution is 0.203. The van der Waals surface area contributed by atoms with Crippen LogP contribution >= 0.6 is 0 Å². The number of aromatic nitrogens is 3. The van der Waals surface area contributed by atoms with Crippen LogP contribution in [0.1, 0.15) is 55.4 Å². The van der Waals surface area contributed by atoms with Gasteiger partial charge in [0, 0.05) is 25.2 Å². The molecule has 1 saturated carbocycles. The molecule has 3 heterocycles. The molecule has 4 rings (SSSR count). The van der Waals surface area contributed by atoms with Crippen molar-refractivity contribution in [2.24, 2.45) is 5.92 Å². The van der Waals surface area contributed by atoms with Crippen molar-refractivity contribution in [3.63, 3.8) is 0 Å². The molecule has 0 aromatic carbocycles. The maximum absolute atomic E-state index is 8.81. The smallest absolute Gasteiger partial charge is 0.243 e. The Kier molecular flexibility index (Phi) is 4.36. The van der Waals surface area contributed by atoms with E-state index in [1.807, 2.05) is 6.07 Å². The number of hydrogen-bond donors (Lipinski definition) is 1. The van der Waals surface area contributed by atoms with Gasteiger partial charge in [0.25, 0.3) is 0 Å². The van der Waals surface area contributed by atoms with Gasteiger partial charge in [-0.2, -0.15) is 10.2 Å². The van der Waals surface area contributed by atoms with Gasteiger partial charge < -0.3 is 9.84 Å². The number of likely N-dealkylation sites (tertiary alicyclic amines) is 1. The maximum atomic E-state index is 8.81. The largest absolute Gasteiger partial charge is 0.370 e. The van der Waals surface area contributed by atoms with E-state index in [0.717, 1.165) is 43.6 Å². The summed E-state index contributed by atoms with van der Waals surface area (Å²) in [5.74, 6) is 3.53. The normalized spacial score (nSPS) is 21.8. The highest BCUT2D eigenvalue weighted by atomic mass is 16.5. The molecule has 7 heteroatoms. The molecule has 0 amide bonds. The first-order chi connectivity index (χ1) is 12.2. The highest BCUT2D eigenvalue weighted by molar-refractivity contribution is 5.38. The van der Waals surface area contributed by atoms with Gasteiger partial charge in [0.05, 0.1) is 11.6 Å². The fourth-order valence-electron chi connectivity index (χ4n) is 3.27. The number of rotatable bonds is 6. The Hall–Kier alpha value is -2.46. The Balaban J connectivity index is 1.28. The molecular weight excluding hydrogens is 316 g/mol. The second kappa shape index (κ2) is 6.81. The van der Waals surface area contributed by atoms with Crippen LogP contribution in [0.2, 0.25) is 0 Å². The molecule has 2 fully saturated rings. The van der Waals surface area contributed by atoms with Crippen LogP contribution in [0.4, 0.5) is 5.82 Å². The van der Waals surface area contributed by atoms with Crippen LogP contribution in [0.3, 0.4) is 0 Å². The minimum absolute atomic E-state index is 0.165. The Morgan fingerprint density at radius 1 is 1.40 bits per heavy atom.